The Balaban J connectivity index is 1.59. The summed E-state index contributed by atoms with van der Waals surface area (Å²) in [4.78, 5) is 11.8. The number of thioether (sulfide) groups is 1. The van der Waals surface area contributed by atoms with Crippen LogP contribution in [0.15, 0.2) is 0 Å². The first-order chi connectivity index (χ1) is 8.74. The maximum absolute atomic E-state index is 11.8. The molecule has 4 heteroatoms. The number of amides is 1. The lowest BCUT2D eigenvalue weighted by Crippen LogP contribution is -2.47. The molecule has 0 unspecified atom stereocenters. The highest BCUT2D eigenvalue weighted by Gasteiger charge is 2.35. The van der Waals surface area contributed by atoms with E-state index in [9.17, 15) is 4.79 Å². The normalized spacial score (nSPS) is 23.4. The number of hydrogen-bond donors (Lipinski definition) is 2. The van der Waals surface area contributed by atoms with Crippen LogP contribution in [-0.2, 0) is 4.79 Å². The molecule has 1 amide bonds. The summed E-state index contributed by atoms with van der Waals surface area (Å²) in [7, 11) is 0. The molecule has 0 aromatic carbocycles. The summed E-state index contributed by atoms with van der Waals surface area (Å²) in [5, 5.41) is 6.49. The molecule has 2 aliphatic carbocycles. The molecule has 2 saturated carbocycles. The van der Waals surface area contributed by atoms with E-state index in [1.807, 2.05) is 11.8 Å². The van der Waals surface area contributed by atoms with Crippen LogP contribution in [0.3, 0.4) is 0 Å². The predicted octanol–water partition coefficient (Wildman–Crippen LogP) is 2.31. The molecule has 18 heavy (non-hydrogen) atoms. The van der Waals surface area contributed by atoms with Crippen molar-refractivity contribution in [1.82, 2.24) is 10.6 Å². The highest BCUT2D eigenvalue weighted by Crippen LogP contribution is 2.42. The van der Waals surface area contributed by atoms with Gasteiger partial charge in [0.1, 0.15) is 0 Å². The van der Waals surface area contributed by atoms with Gasteiger partial charge in [-0.25, -0.2) is 0 Å². The first-order valence-corrected chi connectivity index (χ1v) is 8.52. The Morgan fingerprint density at radius 2 is 1.94 bits per heavy atom. The third-order valence-corrected chi connectivity index (χ3v) is 5.82. The summed E-state index contributed by atoms with van der Waals surface area (Å²) in [5.41, 5.74) is 0. The summed E-state index contributed by atoms with van der Waals surface area (Å²) in [6.07, 6.45) is 12.3. The largest absolute Gasteiger partial charge is 0.352 e. The van der Waals surface area contributed by atoms with E-state index >= 15 is 0 Å². The van der Waals surface area contributed by atoms with E-state index < -0.39 is 0 Å². The van der Waals surface area contributed by atoms with Gasteiger partial charge in [0.2, 0.25) is 5.91 Å². The van der Waals surface area contributed by atoms with Crippen molar-refractivity contribution in [2.45, 2.75) is 62.2 Å². The van der Waals surface area contributed by atoms with Crippen LogP contribution in [0, 0.1) is 0 Å². The zero-order valence-electron chi connectivity index (χ0n) is 11.5. The molecule has 3 nitrogen and oxygen atoms in total. The van der Waals surface area contributed by atoms with Crippen LogP contribution in [0.25, 0.3) is 0 Å². The van der Waals surface area contributed by atoms with Gasteiger partial charge in [0.25, 0.3) is 0 Å². The summed E-state index contributed by atoms with van der Waals surface area (Å²) in [6.45, 7) is 1.46. The smallest absolute Gasteiger partial charge is 0.234 e. The molecule has 2 fully saturated rings. The van der Waals surface area contributed by atoms with Crippen molar-refractivity contribution in [1.29, 1.82) is 0 Å². The van der Waals surface area contributed by atoms with Gasteiger partial charge < -0.3 is 10.6 Å². The van der Waals surface area contributed by atoms with Crippen molar-refractivity contribution in [3.63, 3.8) is 0 Å². The van der Waals surface area contributed by atoms with Crippen LogP contribution in [0.4, 0.5) is 0 Å². The van der Waals surface area contributed by atoms with Gasteiger partial charge in [0.15, 0.2) is 0 Å². The highest BCUT2D eigenvalue weighted by molar-refractivity contribution is 8.00. The van der Waals surface area contributed by atoms with Crippen molar-refractivity contribution in [2.24, 2.45) is 0 Å². The van der Waals surface area contributed by atoms with Gasteiger partial charge in [0, 0.05) is 17.3 Å². The first-order valence-electron chi connectivity index (χ1n) is 7.29. The Bertz CT molecular complexity index is 267. The summed E-state index contributed by atoms with van der Waals surface area (Å²) >= 11 is 1.95. The van der Waals surface area contributed by atoms with Gasteiger partial charge in [-0.2, -0.15) is 11.8 Å². The quantitative estimate of drug-likeness (QED) is 0.778. The number of rotatable bonds is 6. The van der Waals surface area contributed by atoms with E-state index in [4.69, 9.17) is 0 Å². The van der Waals surface area contributed by atoms with Gasteiger partial charge in [-0.15, -0.1) is 0 Å². The van der Waals surface area contributed by atoms with E-state index in [-0.39, 0.29) is 5.91 Å². The van der Waals surface area contributed by atoms with E-state index in [1.54, 1.807) is 0 Å². The van der Waals surface area contributed by atoms with E-state index in [2.05, 4.69) is 16.9 Å². The second-order valence-corrected chi connectivity index (χ2v) is 7.02. The van der Waals surface area contributed by atoms with Gasteiger partial charge in [-0.05, 0) is 31.9 Å². The van der Waals surface area contributed by atoms with Crippen LogP contribution in [0.5, 0.6) is 0 Å². The fourth-order valence-electron chi connectivity index (χ4n) is 2.95. The molecule has 0 atom stereocenters. The van der Waals surface area contributed by atoms with Crippen LogP contribution in [-0.4, -0.2) is 36.0 Å². The predicted molar refractivity (Wildman–Crippen MR) is 78.0 cm³/mol. The lowest BCUT2D eigenvalue weighted by molar-refractivity contribution is -0.121. The van der Waals surface area contributed by atoms with Crippen molar-refractivity contribution >= 4 is 17.7 Å². The standard InChI is InChI=1S/C14H26N2OS/c1-18-14(8-5-9-14)11-15-10-13(17)16-12-6-3-2-4-7-12/h12,15H,2-11H2,1H3,(H,16,17). The molecule has 0 radical (unpaired) electrons. The highest BCUT2D eigenvalue weighted by atomic mass is 32.2. The Labute approximate surface area is 115 Å². The molecule has 2 aliphatic rings. The fraction of sp³-hybridized carbons (Fsp3) is 0.929. The number of carbonyl (C=O) groups excluding carboxylic acids is 1. The van der Waals surface area contributed by atoms with Crippen molar-refractivity contribution in [3.05, 3.63) is 0 Å². The summed E-state index contributed by atoms with van der Waals surface area (Å²) in [5.74, 6) is 0.178. The molecular formula is C14H26N2OS. The Morgan fingerprint density at radius 1 is 1.22 bits per heavy atom. The van der Waals surface area contributed by atoms with E-state index in [1.165, 1.54) is 51.4 Å². The average Bonchev–Trinajstić information content (AvgIpc) is 2.34. The minimum absolute atomic E-state index is 0.178. The van der Waals surface area contributed by atoms with Gasteiger partial charge >= 0.3 is 0 Å². The minimum Gasteiger partial charge on any atom is -0.352 e. The zero-order chi connectivity index (χ0) is 12.8. The third kappa shape index (κ3) is 3.89. The molecule has 0 aliphatic heterocycles. The second kappa shape index (κ2) is 6.80. The topological polar surface area (TPSA) is 41.1 Å². The van der Waals surface area contributed by atoms with E-state index in [0.717, 1.165) is 6.54 Å². The molecule has 0 bridgehead atoms. The molecule has 2 rings (SSSR count). The molecule has 0 saturated heterocycles. The third-order valence-electron chi connectivity index (χ3n) is 4.40. The van der Waals surface area contributed by atoms with Gasteiger partial charge in [-0.1, -0.05) is 25.7 Å². The monoisotopic (exact) mass is 270 g/mol. The maximum Gasteiger partial charge on any atom is 0.234 e. The van der Waals surface area contributed by atoms with Crippen LogP contribution in [0.1, 0.15) is 51.4 Å². The van der Waals surface area contributed by atoms with Gasteiger partial charge in [0.05, 0.1) is 6.54 Å². The Hall–Kier alpha value is -0.220. The lowest BCUT2D eigenvalue weighted by Gasteiger charge is -2.40. The first kappa shape index (κ1) is 14.2. The number of carbonyl (C=O) groups is 1. The zero-order valence-corrected chi connectivity index (χ0v) is 12.3. The molecule has 0 spiro atoms. The molecule has 104 valence electrons. The Morgan fingerprint density at radius 3 is 2.50 bits per heavy atom. The van der Waals surface area contributed by atoms with Crippen LogP contribution >= 0.6 is 11.8 Å². The molecule has 0 heterocycles. The SMILES string of the molecule is CSC1(CNCC(=O)NC2CCCCC2)CCC1. The Kier molecular flexibility index (Phi) is 5.37. The fourth-order valence-corrected chi connectivity index (χ4v) is 3.90. The van der Waals surface area contributed by atoms with Crippen LogP contribution in [0.2, 0.25) is 0 Å². The molecule has 2 N–H and O–H groups in total. The minimum atomic E-state index is 0.178. The summed E-state index contributed by atoms with van der Waals surface area (Å²) < 4.78 is 0.422. The lowest BCUT2D eigenvalue weighted by atomic mass is 9.84. The average molecular weight is 270 g/mol. The number of hydrogen-bond acceptors (Lipinski definition) is 3. The van der Waals surface area contributed by atoms with Crippen LogP contribution < -0.4 is 10.6 Å². The van der Waals surface area contributed by atoms with Crippen molar-refractivity contribution in [3.8, 4) is 0 Å². The molecular weight excluding hydrogens is 244 g/mol. The van der Waals surface area contributed by atoms with E-state index in [0.29, 0.717) is 17.3 Å². The van der Waals surface area contributed by atoms with Crippen molar-refractivity contribution < 1.29 is 4.79 Å². The maximum atomic E-state index is 11.8. The molecule has 0 aromatic rings. The number of nitrogens with one attached hydrogen (secondary N) is 2. The van der Waals surface area contributed by atoms with Gasteiger partial charge in [-0.3, -0.25) is 4.79 Å². The van der Waals surface area contributed by atoms with Crippen molar-refractivity contribution in [2.75, 3.05) is 19.3 Å². The summed E-state index contributed by atoms with van der Waals surface area (Å²) in [6, 6.07) is 0.436. The second-order valence-electron chi connectivity index (χ2n) is 5.75. The molecule has 0 aromatic heterocycles.